The fraction of sp³-hybridized carbons (Fsp3) is 0.222. The summed E-state index contributed by atoms with van der Waals surface area (Å²) in [7, 11) is 0. The fourth-order valence-corrected chi connectivity index (χ4v) is 1.49. The molecular formula is C9H11NO2S. The lowest BCUT2D eigenvalue weighted by molar-refractivity contribution is 0.218. The Kier molecular flexibility index (Phi) is 3.19. The highest BCUT2D eigenvalue weighted by Gasteiger charge is 2.03. The standard InChI is InChI=1S/C9H11NO2S/c1-6-4-3-5-8(7(6)2)13-12-9(10)11/h3-5H,1-2H3,(H2,10,11). The molecule has 0 aliphatic carbocycles. The van der Waals surface area contributed by atoms with Crippen LogP contribution in [0.15, 0.2) is 23.1 Å². The van der Waals surface area contributed by atoms with E-state index in [9.17, 15) is 4.79 Å². The zero-order chi connectivity index (χ0) is 9.84. The number of carbonyl (C=O) groups excluding carboxylic acids is 1. The number of rotatable bonds is 2. The van der Waals surface area contributed by atoms with Crippen molar-refractivity contribution in [3.63, 3.8) is 0 Å². The molecule has 0 saturated heterocycles. The second-order valence-corrected chi connectivity index (χ2v) is 3.46. The molecule has 13 heavy (non-hydrogen) atoms. The summed E-state index contributed by atoms with van der Waals surface area (Å²) in [6, 6.07) is 5.80. The molecule has 0 radical (unpaired) electrons. The van der Waals surface area contributed by atoms with Gasteiger partial charge in [-0.15, -0.1) is 0 Å². The third-order valence-corrected chi connectivity index (χ3v) is 2.64. The van der Waals surface area contributed by atoms with Gasteiger partial charge in [0.05, 0.1) is 16.9 Å². The minimum absolute atomic E-state index is 0.772. The molecule has 3 nitrogen and oxygen atoms in total. The number of nitrogens with two attached hydrogens (primary N) is 1. The van der Waals surface area contributed by atoms with E-state index in [1.165, 1.54) is 0 Å². The van der Waals surface area contributed by atoms with Crippen molar-refractivity contribution < 1.29 is 8.98 Å². The van der Waals surface area contributed by atoms with Gasteiger partial charge in [0.15, 0.2) is 0 Å². The summed E-state index contributed by atoms with van der Waals surface area (Å²) in [6.07, 6.45) is -0.772. The molecule has 0 unspecified atom stereocenters. The number of carbonyl (C=O) groups is 1. The van der Waals surface area contributed by atoms with Crippen molar-refractivity contribution in [2.45, 2.75) is 18.7 Å². The van der Waals surface area contributed by atoms with Crippen LogP contribution in [0, 0.1) is 13.8 Å². The Bertz CT molecular complexity index is 325. The Morgan fingerprint density at radius 3 is 2.77 bits per heavy atom. The van der Waals surface area contributed by atoms with E-state index in [0.29, 0.717) is 0 Å². The lowest BCUT2D eigenvalue weighted by Crippen LogP contribution is -2.08. The normalized spacial score (nSPS) is 9.69. The van der Waals surface area contributed by atoms with Crippen molar-refractivity contribution in [2.75, 3.05) is 0 Å². The maximum Gasteiger partial charge on any atom is 0.417 e. The molecule has 0 bridgehead atoms. The van der Waals surface area contributed by atoms with Crippen LogP contribution in [0.25, 0.3) is 0 Å². The Hall–Kier alpha value is -1.16. The Morgan fingerprint density at radius 2 is 2.15 bits per heavy atom. The van der Waals surface area contributed by atoms with Crippen LogP contribution < -0.4 is 5.73 Å². The summed E-state index contributed by atoms with van der Waals surface area (Å²) in [5, 5.41) is 0. The molecule has 0 fully saturated rings. The highest BCUT2D eigenvalue weighted by atomic mass is 32.2. The van der Waals surface area contributed by atoms with Gasteiger partial charge in [0.2, 0.25) is 0 Å². The summed E-state index contributed by atoms with van der Waals surface area (Å²) in [6.45, 7) is 3.98. The predicted octanol–water partition coefficient (Wildman–Crippen LogP) is 2.41. The van der Waals surface area contributed by atoms with Crippen LogP contribution in [0.3, 0.4) is 0 Å². The average Bonchev–Trinajstić information content (AvgIpc) is 2.07. The first-order valence-electron chi connectivity index (χ1n) is 3.81. The molecule has 4 heteroatoms. The van der Waals surface area contributed by atoms with Gasteiger partial charge in [0.1, 0.15) is 0 Å². The van der Waals surface area contributed by atoms with Gasteiger partial charge in [0.25, 0.3) is 0 Å². The highest BCUT2D eigenvalue weighted by Crippen LogP contribution is 2.24. The van der Waals surface area contributed by atoms with Crippen LogP contribution in [0.4, 0.5) is 4.79 Å². The summed E-state index contributed by atoms with van der Waals surface area (Å²) in [5.74, 6) is 0. The van der Waals surface area contributed by atoms with Gasteiger partial charge >= 0.3 is 6.09 Å². The summed E-state index contributed by atoms with van der Waals surface area (Å²) < 4.78 is 4.62. The molecule has 0 aliphatic heterocycles. The van der Waals surface area contributed by atoms with Crippen molar-refractivity contribution in [3.8, 4) is 0 Å². The minimum atomic E-state index is -0.772. The third kappa shape index (κ3) is 2.66. The molecule has 1 amide bonds. The van der Waals surface area contributed by atoms with E-state index in [1.54, 1.807) is 0 Å². The molecule has 2 N–H and O–H groups in total. The van der Waals surface area contributed by atoms with Crippen molar-refractivity contribution in [2.24, 2.45) is 5.73 Å². The van der Waals surface area contributed by atoms with Gasteiger partial charge in [-0.25, -0.2) is 4.79 Å². The quantitative estimate of drug-likeness (QED) is 0.741. The second-order valence-electron chi connectivity index (χ2n) is 2.68. The molecule has 1 aromatic rings. The summed E-state index contributed by atoms with van der Waals surface area (Å²) >= 11 is 0.995. The first-order chi connectivity index (χ1) is 6.11. The topological polar surface area (TPSA) is 52.3 Å². The van der Waals surface area contributed by atoms with Crippen LogP contribution >= 0.6 is 12.0 Å². The molecule has 1 rings (SSSR count). The molecular weight excluding hydrogens is 186 g/mol. The molecule has 0 heterocycles. The maximum atomic E-state index is 10.3. The van der Waals surface area contributed by atoms with E-state index in [0.717, 1.165) is 28.1 Å². The van der Waals surface area contributed by atoms with Crippen LogP contribution in [-0.4, -0.2) is 6.09 Å². The second kappa shape index (κ2) is 4.18. The van der Waals surface area contributed by atoms with Gasteiger partial charge in [-0.1, -0.05) is 12.1 Å². The lowest BCUT2D eigenvalue weighted by Gasteiger charge is -2.05. The van der Waals surface area contributed by atoms with E-state index in [4.69, 9.17) is 5.73 Å². The van der Waals surface area contributed by atoms with Crippen LogP contribution in [-0.2, 0) is 4.18 Å². The SMILES string of the molecule is Cc1cccc(SOC(N)=O)c1C. The Labute approximate surface area is 81.5 Å². The highest BCUT2D eigenvalue weighted by molar-refractivity contribution is 7.95. The van der Waals surface area contributed by atoms with E-state index in [2.05, 4.69) is 4.18 Å². The smallest absolute Gasteiger partial charge is 0.370 e. The number of hydrogen-bond donors (Lipinski definition) is 1. The van der Waals surface area contributed by atoms with E-state index in [1.807, 2.05) is 32.0 Å². The Balaban J connectivity index is 2.77. The maximum absolute atomic E-state index is 10.3. The van der Waals surface area contributed by atoms with Gasteiger partial charge in [-0.05, 0) is 31.0 Å². The number of aryl methyl sites for hydroxylation is 1. The molecule has 0 aliphatic rings. The number of amides is 1. The van der Waals surface area contributed by atoms with Crippen molar-refractivity contribution in [1.82, 2.24) is 0 Å². The Morgan fingerprint density at radius 1 is 1.46 bits per heavy atom. The monoisotopic (exact) mass is 197 g/mol. The zero-order valence-corrected chi connectivity index (χ0v) is 8.35. The summed E-state index contributed by atoms with van der Waals surface area (Å²) in [4.78, 5) is 11.3. The van der Waals surface area contributed by atoms with Crippen LogP contribution in [0.5, 0.6) is 0 Å². The minimum Gasteiger partial charge on any atom is -0.370 e. The molecule has 0 spiro atoms. The largest absolute Gasteiger partial charge is 0.417 e. The first kappa shape index (κ1) is 9.92. The van der Waals surface area contributed by atoms with Crippen molar-refractivity contribution in [1.29, 1.82) is 0 Å². The average molecular weight is 197 g/mol. The van der Waals surface area contributed by atoms with Gasteiger partial charge in [-0.3, -0.25) is 0 Å². The van der Waals surface area contributed by atoms with Gasteiger partial charge in [-0.2, -0.15) is 0 Å². The van der Waals surface area contributed by atoms with E-state index in [-0.39, 0.29) is 0 Å². The van der Waals surface area contributed by atoms with Gasteiger partial charge < -0.3 is 9.92 Å². The first-order valence-corrected chi connectivity index (χ1v) is 4.55. The molecule has 0 saturated carbocycles. The van der Waals surface area contributed by atoms with Crippen molar-refractivity contribution >= 4 is 18.1 Å². The predicted molar refractivity (Wildman–Crippen MR) is 52.4 cm³/mol. The summed E-state index contributed by atoms with van der Waals surface area (Å²) in [5.41, 5.74) is 7.12. The van der Waals surface area contributed by atoms with Gasteiger partial charge in [0, 0.05) is 0 Å². The molecule has 0 aromatic heterocycles. The number of hydrogen-bond acceptors (Lipinski definition) is 3. The zero-order valence-electron chi connectivity index (χ0n) is 7.53. The molecule has 1 aromatic carbocycles. The van der Waals surface area contributed by atoms with Crippen molar-refractivity contribution in [3.05, 3.63) is 29.3 Å². The van der Waals surface area contributed by atoms with Crippen LogP contribution in [0.1, 0.15) is 11.1 Å². The third-order valence-electron chi connectivity index (χ3n) is 1.77. The fourth-order valence-electron chi connectivity index (χ4n) is 0.900. The number of primary amides is 1. The lowest BCUT2D eigenvalue weighted by atomic mass is 10.1. The van der Waals surface area contributed by atoms with Crippen LogP contribution in [0.2, 0.25) is 0 Å². The van der Waals surface area contributed by atoms with E-state index < -0.39 is 6.09 Å². The number of benzene rings is 1. The van der Waals surface area contributed by atoms with E-state index >= 15 is 0 Å². The molecule has 70 valence electrons. The molecule has 0 atom stereocenters.